The van der Waals surface area contributed by atoms with Crippen molar-refractivity contribution in [2.24, 2.45) is 11.8 Å². The Morgan fingerprint density at radius 3 is 2.33 bits per heavy atom. The summed E-state index contributed by atoms with van der Waals surface area (Å²) in [4.78, 5) is 21.8. The fraction of sp³-hybridized carbons (Fsp3) is 0.778. The second-order valence-corrected chi connectivity index (χ2v) is 3.70. The van der Waals surface area contributed by atoms with Crippen LogP contribution in [-0.2, 0) is 9.59 Å². The minimum atomic E-state index is -0.763. The molecule has 0 saturated heterocycles. The Labute approximate surface area is 89.2 Å². The zero-order chi connectivity index (χ0) is 12.0. The third kappa shape index (κ3) is 5.34. The molecule has 0 bridgehead atoms. The van der Waals surface area contributed by atoms with Crippen LogP contribution in [0.15, 0.2) is 0 Å². The first-order valence-corrected chi connectivity index (χ1v) is 4.84. The third-order valence-electron chi connectivity index (χ3n) is 2.19. The lowest BCUT2D eigenvalue weighted by Crippen LogP contribution is -2.43. The van der Waals surface area contributed by atoms with Gasteiger partial charge >= 0.3 is 0 Å². The van der Waals surface area contributed by atoms with E-state index in [1.807, 2.05) is 5.43 Å². The molecule has 88 valence electrons. The molecule has 0 fully saturated rings. The summed E-state index contributed by atoms with van der Waals surface area (Å²) in [6.07, 6.45) is -0.508. The van der Waals surface area contributed by atoms with Crippen LogP contribution in [0.25, 0.3) is 0 Å². The molecule has 0 aromatic carbocycles. The summed E-state index contributed by atoms with van der Waals surface area (Å²) < 4.78 is 0. The lowest BCUT2D eigenvalue weighted by atomic mass is 9.99. The van der Waals surface area contributed by atoms with Crippen LogP contribution in [0.2, 0.25) is 0 Å². The second kappa shape index (κ2) is 6.36. The van der Waals surface area contributed by atoms with E-state index in [1.54, 1.807) is 13.8 Å². The predicted molar refractivity (Wildman–Crippen MR) is 55.4 cm³/mol. The quantitative estimate of drug-likeness (QED) is 0.266. The van der Waals surface area contributed by atoms with Crippen molar-refractivity contribution in [3.63, 3.8) is 0 Å². The molecule has 0 spiro atoms. The number of hydrogen-bond donors (Lipinski definition) is 4. The zero-order valence-corrected chi connectivity index (χ0v) is 9.28. The van der Waals surface area contributed by atoms with Crippen molar-refractivity contribution in [3.05, 3.63) is 0 Å². The fourth-order valence-electron chi connectivity index (χ4n) is 1.23. The van der Waals surface area contributed by atoms with E-state index >= 15 is 0 Å². The summed E-state index contributed by atoms with van der Waals surface area (Å²) in [6.45, 7) is 4.71. The third-order valence-corrected chi connectivity index (χ3v) is 2.19. The molecular formula is C9H19N3O3. The standard InChI is InChI=1S/C9H19N3O3/c1-5(9(15)12-10)4-8(14)6(2)11-7(3)13/h5-6,8,14H,4,10H2,1-3H3,(H,11,13)(H,12,15). The number of amides is 2. The molecule has 6 nitrogen and oxygen atoms in total. The first kappa shape index (κ1) is 13.9. The van der Waals surface area contributed by atoms with Crippen molar-refractivity contribution in [3.8, 4) is 0 Å². The summed E-state index contributed by atoms with van der Waals surface area (Å²) in [5.74, 6) is 4.03. The van der Waals surface area contributed by atoms with Crippen molar-refractivity contribution in [2.75, 3.05) is 0 Å². The van der Waals surface area contributed by atoms with Crippen LogP contribution >= 0.6 is 0 Å². The summed E-state index contributed by atoms with van der Waals surface area (Å²) in [5, 5.41) is 12.2. The van der Waals surface area contributed by atoms with Gasteiger partial charge < -0.3 is 10.4 Å². The van der Waals surface area contributed by atoms with Gasteiger partial charge in [0.05, 0.1) is 12.1 Å². The van der Waals surface area contributed by atoms with E-state index in [9.17, 15) is 14.7 Å². The van der Waals surface area contributed by atoms with Crippen LogP contribution in [-0.4, -0.2) is 29.1 Å². The maximum absolute atomic E-state index is 11.1. The minimum absolute atomic E-state index is 0.211. The van der Waals surface area contributed by atoms with Gasteiger partial charge in [-0.05, 0) is 13.3 Å². The SMILES string of the molecule is CC(=O)NC(C)C(O)CC(C)C(=O)NN. The highest BCUT2D eigenvalue weighted by atomic mass is 16.3. The lowest BCUT2D eigenvalue weighted by Gasteiger charge is -2.21. The molecule has 5 N–H and O–H groups in total. The normalized spacial score (nSPS) is 16.3. The number of nitrogens with two attached hydrogens (primary N) is 1. The lowest BCUT2D eigenvalue weighted by molar-refractivity contribution is -0.125. The molecule has 0 rings (SSSR count). The minimum Gasteiger partial charge on any atom is -0.391 e. The maximum atomic E-state index is 11.1. The van der Waals surface area contributed by atoms with Gasteiger partial charge in [-0.3, -0.25) is 15.0 Å². The predicted octanol–water partition coefficient (Wildman–Crippen LogP) is -1.11. The monoisotopic (exact) mass is 217 g/mol. The molecule has 0 aromatic heterocycles. The molecule has 0 aliphatic carbocycles. The van der Waals surface area contributed by atoms with Gasteiger partial charge in [0, 0.05) is 12.8 Å². The van der Waals surface area contributed by atoms with Gasteiger partial charge in [0.15, 0.2) is 0 Å². The van der Waals surface area contributed by atoms with Gasteiger partial charge in [-0.2, -0.15) is 0 Å². The van der Waals surface area contributed by atoms with E-state index in [2.05, 4.69) is 5.32 Å². The molecule has 15 heavy (non-hydrogen) atoms. The van der Waals surface area contributed by atoms with Crippen molar-refractivity contribution in [2.45, 2.75) is 39.3 Å². The molecule has 0 aliphatic heterocycles. The number of carbonyl (C=O) groups excluding carboxylic acids is 2. The van der Waals surface area contributed by atoms with Gasteiger partial charge in [-0.15, -0.1) is 0 Å². The van der Waals surface area contributed by atoms with Crippen LogP contribution in [0.5, 0.6) is 0 Å². The molecule has 0 aromatic rings. The Balaban J connectivity index is 4.06. The highest BCUT2D eigenvalue weighted by Gasteiger charge is 2.21. The second-order valence-electron chi connectivity index (χ2n) is 3.70. The molecule has 3 atom stereocenters. The van der Waals surface area contributed by atoms with Gasteiger partial charge in [-0.1, -0.05) is 6.92 Å². The van der Waals surface area contributed by atoms with Crippen molar-refractivity contribution >= 4 is 11.8 Å². The Morgan fingerprint density at radius 1 is 1.40 bits per heavy atom. The van der Waals surface area contributed by atoms with E-state index in [1.165, 1.54) is 6.92 Å². The molecule has 2 amide bonds. The Hall–Kier alpha value is -1.14. The fourth-order valence-corrected chi connectivity index (χ4v) is 1.23. The molecule has 0 heterocycles. The molecular weight excluding hydrogens is 198 g/mol. The first-order chi connectivity index (χ1) is 6.88. The van der Waals surface area contributed by atoms with Gasteiger partial charge in [-0.25, -0.2) is 5.84 Å². The number of aliphatic hydroxyl groups is 1. The van der Waals surface area contributed by atoms with E-state index in [-0.39, 0.29) is 30.2 Å². The summed E-state index contributed by atoms with van der Waals surface area (Å²) in [7, 11) is 0. The number of carbonyl (C=O) groups is 2. The molecule has 6 heteroatoms. The van der Waals surface area contributed by atoms with Crippen LogP contribution in [0, 0.1) is 5.92 Å². The molecule has 3 unspecified atom stereocenters. The maximum Gasteiger partial charge on any atom is 0.236 e. The van der Waals surface area contributed by atoms with Crippen molar-refractivity contribution in [1.29, 1.82) is 0 Å². The van der Waals surface area contributed by atoms with Crippen LogP contribution in [0.3, 0.4) is 0 Å². The molecule has 0 saturated carbocycles. The van der Waals surface area contributed by atoms with E-state index in [4.69, 9.17) is 5.84 Å². The summed E-state index contributed by atoms with van der Waals surface area (Å²) in [5.41, 5.74) is 2.01. The van der Waals surface area contributed by atoms with Crippen LogP contribution in [0.4, 0.5) is 0 Å². The zero-order valence-electron chi connectivity index (χ0n) is 9.28. The number of hydrogen-bond acceptors (Lipinski definition) is 4. The number of hydrazine groups is 1. The Morgan fingerprint density at radius 2 is 1.93 bits per heavy atom. The van der Waals surface area contributed by atoms with Gasteiger partial charge in [0.1, 0.15) is 0 Å². The van der Waals surface area contributed by atoms with Crippen molar-refractivity contribution < 1.29 is 14.7 Å². The molecule has 0 radical (unpaired) electrons. The highest BCUT2D eigenvalue weighted by molar-refractivity contribution is 5.77. The largest absolute Gasteiger partial charge is 0.391 e. The summed E-state index contributed by atoms with van der Waals surface area (Å²) in [6, 6.07) is -0.379. The van der Waals surface area contributed by atoms with Gasteiger partial charge in [0.2, 0.25) is 11.8 Å². The smallest absolute Gasteiger partial charge is 0.236 e. The molecule has 0 aliphatic rings. The average Bonchev–Trinajstić information content (AvgIpc) is 2.15. The topological polar surface area (TPSA) is 104 Å². The Bertz CT molecular complexity index is 233. The Kier molecular flexibility index (Phi) is 5.88. The van der Waals surface area contributed by atoms with Crippen LogP contribution < -0.4 is 16.6 Å². The van der Waals surface area contributed by atoms with E-state index < -0.39 is 6.10 Å². The number of aliphatic hydroxyl groups excluding tert-OH is 1. The van der Waals surface area contributed by atoms with Crippen molar-refractivity contribution in [1.82, 2.24) is 10.7 Å². The van der Waals surface area contributed by atoms with Gasteiger partial charge in [0.25, 0.3) is 0 Å². The van der Waals surface area contributed by atoms with E-state index in [0.29, 0.717) is 0 Å². The average molecular weight is 217 g/mol. The number of rotatable bonds is 5. The summed E-state index contributed by atoms with van der Waals surface area (Å²) >= 11 is 0. The first-order valence-electron chi connectivity index (χ1n) is 4.84. The highest BCUT2D eigenvalue weighted by Crippen LogP contribution is 2.08. The number of nitrogens with one attached hydrogen (secondary N) is 2. The van der Waals surface area contributed by atoms with E-state index in [0.717, 1.165) is 0 Å². The van der Waals surface area contributed by atoms with Crippen LogP contribution in [0.1, 0.15) is 27.2 Å².